The molecule has 0 aliphatic carbocycles. The zero-order chi connectivity index (χ0) is 18.8. The molecule has 136 valence electrons. The molecule has 1 aliphatic rings. The van der Waals surface area contributed by atoms with Gasteiger partial charge < -0.3 is 10.2 Å². The summed E-state index contributed by atoms with van der Waals surface area (Å²) in [5.41, 5.74) is 2.34. The van der Waals surface area contributed by atoms with Gasteiger partial charge in [0, 0.05) is 30.4 Å². The Bertz CT molecular complexity index is 977. The van der Waals surface area contributed by atoms with Gasteiger partial charge in [-0.1, -0.05) is 41.9 Å². The van der Waals surface area contributed by atoms with E-state index in [1.165, 1.54) is 24.5 Å². The van der Waals surface area contributed by atoms with Crippen molar-refractivity contribution >= 4 is 29.0 Å². The van der Waals surface area contributed by atoms with E-state index in [0.29, 0.717) is 18.8 Å². The highest BCUT2D eigenvalue weighted by Crippen LogP contribution is 2.27. The molecular weight excluding hydrogens is 367 g/mol. The lowest BCUT2D eigenvalue weighted by Gasteiger charge is -2.39. The summed E-state index contributed by atoms with van der Waals surface area (Å²) in [6.45, 7) is 1.12. The van der Waals surface area contributed by atoms with Crippen LogP contribution in [-0.2, 0) is 4.79 Å². The van der Waals surface area contributed by atoms with E-state index in [1.807, 2.05) is 41.3 Å². The van der Waals surface area contributed by atoms with Crippen LogP contribution in [0.1, 0.15) is 0 Å². The number of benzene rings is 2. The van der Waals surface area contributed by atoms with Gasteiger partial charge in [-0.15, -0.1) is 0 Å². The van der Waals surface area contributed by atoms with Crippen LogP contribution in [-0.4, -0.2) is 29.0 Å². The van der Waals surface area contributed by atoms with E-state index in [1.54, 1.807) is 0 Å². The fraction of sp³-hybridized carbons (Fsp3) is 0.150. The van der Waals surface area contributed by atoms with Gasteiger partial charge in [0.05, 0.1) is 16.6 Å². The third kappa shape index (κ3) is 3.75. The zero-order valence-corrected chi connectivity index (χ0v) is 15.0. The van der Waals surface area contributed by atoms with Crippen LogP contribution in [0.25, 0.3) is 11.3 Å². The first-order valence-electron chi connectivity index (χ1n) is 8.48. The van der Waals surface area contributed by atoms with Crippen LogP contribution < -0.4 is 10.2 Å². The third-order valence-corrected chi connectivity index (χ3v) is 4.78. The van der Waals surface area contributed by atoms with Crippen molar-refractivity contribution in [3.05, 3.63) is 71.8 Å². The second kappa shape index (κ2) is 7.32. The smallest absolute Gasteiger partial charge is 0.231 e. The summed E-state index contributed by atoms with van der Waals surface area (Å²) < 4.78 is 13.2. The molecule has 27 heavy (non-hydrogen) atoms. The van der Waals surface area contributed by atoms with Gasteiger partial charge in [-0.05, 0) is 18.2 Å². The maximum absolute atomic E-state index is 13.2. The first-order chi connectivity index (χ1) is 13.1. The number of carbonyl (C=O) groups excluding carboxylic acids is 1. The van der Waals surface area contributed by atoms with Gasteiger partial charge >= 0.3 is 0 Å². The van der Waals surface area contributed by atoms with E-state index in [-0.39, 0.29) is 16.8 Å². The lowest BCUT2D eigenvalue weighted by Crippen LogP contribution is -2.52. The fourth-order valence-electron chi connectivity index (χ4n) is 2.94. The van der Waals surface area contributed by atoms with Crippen molar-refractivity contribution < 1.29 is 9.18 Å². The number of rotatable bonds is 4. The quantitative estimate of drug-likeness (QED) is 0.740. The molecule has 3 aromatic rings. The van der Waals surface area contributed by atoms with Crippen LogP contribution in [0.2, 0.25) is 5.02 Å². The highest BCUT2D eigenvalue weighted by atomic mass is 35.5. The van der Waals surface area contributed by atoms with Gasteiger partial charge in [0.25, 0.3) is 0 Å². The number of nitrogens with zero attached hydrogens (tertiary/aromatic N) is 3. The van der Waals surface area contributed by atoms with Crippen molar-refractivity contribution in [3.63, 3.8) is 0 Å². The van der Waals surface area contributed by atoms with Crippen molar-refractivity contribution in [2.75, 3.05) is 23.3 Å². The molecule has 5 nitrogen and oxygen atoms in total. The van der Waals surface area contributed by atoms with Gasteiger partial charge in [-0.3, -0.25) is 4.79 Å². The number of hydrogen-bond donors (Lipinski definition) is 1. The predicted molar refractivity (Wildman–Crippen MR) is 103 cm³/mol. The SMILES string of the molecule is O=C(Nc1ccc(F)c(Cl)c1)C1CN(c2cc(-c3ccccc3)ncn2)C1. The third-order valence-electron chi connectivity index (χ3n) is 4.49. The maximum atomic E-state index is 13.2. The van der Waals surface area contributed by atoms with Gasteiger partial charge in [0.1, 0.15) is 18.0 Å². The van der Waals surface area contributed by atoms with Crippen molar-refractivity contribution in [3.8, 4) is 11.3 Å². The van der Waals surface area contributed by atoms with Crippen LogP contribution in [0, 0.1) is 11.7 Å². The van der Waals surface area contributed by atoms with E-state index in [9.17, 15) is 9.18 Å². The van der Waals surface area contributed by atoms with E-state index >= 15 is 0 Å². The highest BCUT2D eigenvalue weighted by molar-refractivity contribution is 6.31. The largest absolute Gasteiger partial charge is 0.355 e. The molecule has 0 radical (unpaired) electrons. The van der Waals surface area contributed by atoms with Crippen molar-refractivity contribution in [2.24, 2.45) is 5.92 Å². The number of amides is 1. The van der Waals surface area contributed by atoms with Gasteiger partial charge in [0.15, 0.2) is 0 Å². The lowest BCUT2D eigenvalue weighted by molar-refractivity contribution is -0.120. The van der Waals surface area contributed by atoms with E-state index in [2.05, 4.69) is 15.3 Å². The van der Waals surface area contributed by atoms with Gasteiger partial charge in [-0.2, -0.15) is 0 Å². The standard InChI is InChI=1S/C20H16ClFN4O/c21-16-8-15(6-7-17(16)22)25-20(27)14-10-26(11-14)19-9-18(23-12-24-19)13-4-2-1-3-5-13/h1-9,12,14H,10-11H2,(H,25,27). The number of halogens is 2. The molecule has 1 aliphatic heterocycles. The van der Waals surface area contributed by atoms with Crippen LogP contribution in [0.15, 0.2) is 60.9 Å². The van der Waals surface area contributed by atoms with Crippen LogP contribution in [0.3, 0.4) is 0 Å². The lowest BCUT2D eigenvalue weighted by atomic mass is 9.99. The molecule has 0 unspecified atom stereocenters. The topological polar surface area (TPSA) is 58.1 Å². The summed E-state index contributed by atoms with van der Waals surface area (Å²) >= 11 is 5.74. The van der Waals surface area contributed by atoms with Crippen molar-refractivity contribution in [1.82, 2.24) is 9.97 Å². The molecule has 0 bridgehead atoms. The minimum absolute atomic E-state index is 0.0162. The molecule has 4 rings (SSSR count). The molecule has 0 spiro atoms. The summed E-state index contributed by atoms with van der Waals surface area (Å²) in [6.07, 6.45) is 1.53. The highest BCUT2D eigenvalue weighted by Gasteiger charge is 2.33. The Morgan fingerprint density at radius 2 is 1.89 bits per heavy atom. The van der Waals surface area contributed by atoms with Crippen LogP contribution in [0.5, 0.6) is 0 Å². The Kier molecular flexibility index (Phi) is 4.73. The zero-order valence-electron chi connectivity index (χ0n) is 14.3. The Hall–Kier alpha value is -2.99. The second-order valence-electron chi connectivity index (χ2n) is 6.35. The monoisotopic (exact) mass is 382 g/mol. The maximum Gasteiger partial charge on any atom is 0.231 e. The van der Waals surface area contributed by atoms with Gasteiger partial charge in [-0.25, -0.2) is 14.4 Å². The molecule has 2 aromatic carbocycles. The summed E-state index contributed by atoms with van der Waals surface area (Å²) in [7, 11) is 0. The molecular formula is C20H16ClFN4O. The molecule has 1 fully saturated rings. The molecule has 1 saturated heterocycles. The molecule has 0 atom stereocenters. The normalized spacial score (nSPS) is 13.9. The second-order valence-corrected chi connectivity index (χ2v) is 6.75. The fourth-order valence-corrected chi connectivity index (χ4v) is 3.12. The Balaban J connectivity index is 1.39. The van der Waals surface area contributed by atoms with Gasteiger partial charge in [0.2, 0.25) is 5.91 Å². The molecule has 1 N–H and O–H groups in total. The predicted octanol–water partition coefficient (Wildman–Crippen LogP) is 4.01. The summed E-state index contributed by atoms with van der Waals surface area (Å²) in [5.74, 6) is -0.00423. The average molecular weight is 383 g/mol. The summed E-state index contributed by atoms with van der Waals surface area (Å²) in [4.78, 5) is 23.0. The molecule has 2 heterocycles. The van der Waals surface area contributed by atoms with E-state index < -0.39 is 5.82 Å². The van der Waals surface area contributed by atoms with Crippen molar-refractivity contribution in [1.29, 1.82) is 0 Å². The average Bonchev–Trinajstić information content (AvgIpc) is 2.64. The first-order valence-corrected chi connectivity index (χ1v) is 8.86. The molecule has 1 amide bonds. The first kappa shape index (κ1) is 17.4. The molecule has 7 heteroatoms. The minimum atomic E-state index is -0.512. The Labute approximate surface area is 160 Å². The Morgan fingerprint density at radius 3 is 2.63 bits per heavy atom. The number of nitrogens with one attached hydrogen (secondary N) is 1. The molecule has 0 saturated carbocycles. The van der Waals surface area contributed by atoms with E-state index in [4.69, 9.17) is 11.6 Å². The summed E-state index contributed by atoms with van der Waals surface area (Å²) in [6, 6.07) is 15.9. The minimum Gasteiger partial charge on any atom is -0.355 e. The van der Waals surface area contributed by atoms with Crippen LogP contribution >= 0.6 is 11.6 Å². The molecule has 1 aromatic heterocycles. The number of anilines is 2. The number of aromatic nitrogens is 2. The Morgan fingerprint density at radius 1 is 1.11 bits per heavy atom. The number of carbonyl (C=O) groups is 1. The van der Waals surface area contributed by atoms with Crippen LogP contribution in [0.4, 0.5) is 15.9 Å². The van der Waals surface area contributed by atoms with Crippen molar-refractivity contribution in [2.45, 2.75) is 0 Å². The summed E-state index contributed by atoms with van der Waals surface area (Å²) in [5, 5.41) is 2.76. The van der Waals surface area contributed by atoms with E-state index in [0.717, 1.165) is 17.1 Å². The number of hydrogen-bond acceptors (Lipinski definition) is 4.